The zero-order valence-electron chi connectivity index (χ0n) is 8.36. The van der Waals surface area contributed by atoms with Gasteiger partial charge in [0.25, 0.3) is 0 Å². The van der Waals surface area contributed by atoms with Crippen molar-refractivity contribution in [3.05, 3.63) is 34.6 Å². The molecule has 0 bridgehead atoms. The average molecular weight is 251 g/mol. The smallest absolute Gasteiger partial charge is 0.207 e. The molecule has 0 saturated heterocycles. The van der Waals surface area contributed by atoms with Crippen LogP contribution in [0, 0.1) is 18.3 Å². The quantitative estimate of drug-likeness (QED) is 0.890. The van der Waals surface area contributed by atoms with Crippen LogP contribution in [0.4, 0.5) is 10.8 Å². The third kappa shape index (κ3) is 2.13. The van der Waals surface area contributed by atoms with Gasteiger partial charge in [-0.15, -0.1) is 0 Å². The third-order valence-corrected chi connectivity index (χ3v) is 2.93. The second-order valence-corrected chi connectivity index (χ2v) is 4.20. The number of benzene rings is 1. The Hall–Kier alpha value is -1.64. The normalized spacial score (nSPS) is 9.81. The molecule has 0 saturated carbocycles. The number of nitrogens with zero attached hydrogens (tertiary/aromatic N) is 3. The average Bonchev–Trinajstić information content (AvgIpc) is 2.64. The zero-order valence-corrected chi connectivity index (χ0v) is 9.93. The molecule has 0 radical (unpaired) electrons. The minimum absolute atomic E-state index is 0.414. The molecule has 1 aromatic heterocycles. The summed E-state index contributed by atoms with van der Waals surface area (Å²) in [6.45, 7) is 1.81. The Balaban J connectivity index is 2.35. The van der Waals surface area contributed by atoms with Gasteiger partial charge in [-0.05, 0) is 19.1 Å². The summed E-state index contributed by atoms with van der Waals surface area (Å²) < 4.78 is 4.04. The molecule has 0 aliphatic rings. The Bertz CT molecular complexity index is 558. The van der Waals surface area contributed by atoms with Crippen LogP contribution in [0.5, 0.6) is 0 Å². The summed E-state index contributed by atoms with van der Waals surface area (Å²) in [6.07, 6.45) is 0. The Labute approximate surface area is 102 Å². The Morgan fingerprint density at radius 1 is 1.50 bits per heavy atom. The maximum atomic E-state index is 8.98. The summed E-state index contributed by atoms with van der Waals surface area (Å²) in [5, 5.41) is 13.1. The molecular weight excluding hydrogens is 244 g/mol. The van der Waals surface area contributed by atoms with Crippen molar-refractivity contribution in [2.24, 2.45) is 0 Å². The Kier molecular flexibility index (Phi) is 3.04. The fraction of sp³-hybridized carbons (Fsp3) is 0.100. The van der Waals surface area contributed by atoms with E-state index in [0.29, 0.717) is 27.2 Å². The van der Waals surface area contributed by atoms with Crippen molar-refractivity contribution in [1.82, 2.24) is 9.36 Å². The van der Waals surface area contributed by atoms with Gasteiger partial charge in [-0.25, -0.2) is 4.98 Å². The van der Waals surface area contributed by atoms with Crippen LogP contribution in [-0.2, 0) is 0 Å². The van der Waals surface area contributed by atoms with Crippen molar-refractivity contribution >= 4 is 34.0 Å². The second-order valence-electron chi connectivity index (χ2n) is 3.05. The number of hydrogen-bond donors (Lipinski definition) is 1. The van der Waals surface area contributed by atoms with Crippen molar-refractivity contribution < 1.29 is 0 Å². The van der Waals surface area contributed by atoms with E-state index in [1.165, 1.54) is 11.5 Å². The molecule has 0 fully saturated rings. The van der Waals surface area contributed by atoms with Gasteiger partial charge in [0.05, 0.1) is 16.3 Å². The van der Waals surface area contributed by atoms with Crippen LogP contribution in [0.1, 0.15) is 11.4 Å². The number of hydrogen-bond acceptors (Lipinski definition) is 5. The number of nitrogens with one attached hydrogen (secondary N) is 1. The summed E-state index contributed by atoms with van der Waals surface area (Å²) in [7, 11) is 0. The first kappa shape index (κ1) is 10.9. The van der Waals surface area contributed by atoms with E-state index in [2.05, 4.69) is 20.7 Å². The number of aryl methyl sites for hydroxylation is 1. The molecule has 0 unspecified atom stereocenters. The molecule has 80 valence electrons. The minimum Gasteiger partial charge on any atom is -0.329 e. The van der Waals surface area contributed by atoms with Crippen molar-refractivity contribution in [3.8, 4) is 6.07 Å². The van der Waals surface area contributed by atoms with Crippen molar-refractivity contribution in [3.63, 3.8) is 0 Å². The molecule has 0 aliphatic heterocycles. The number of aromatic nitrogens is 2. The molecule has 1 heterocycles. The number of nitriles is 1. The fourth-order valence-corrected chi connectivity index (χ4v) is 2.01. The van der Waals surface area contributed by atoms with Crippen LogP contribution in [-0.4, -0.2) is 9.36 Å². The zero-order chi connectivity index (χ0) is 11.5. The van der Waals surface area contributed by atoms with E-state index in [9.17, 15) is 0 Å². The highest BCUT2D eigenvalue weighted by Crippen LogP contribution is 2.26. The molecule has 1 aromatic carbocycles. The van der Waals surface area contributed by atoms with Crippen LogP contribution >= 0.6 is 23.1 Å². The molecule has 4 nitrogen and oxygen atoms in total. The van der Waals surface area contributed by atoms with Gasteiger partial charge in [0.2, 0.25) is 5.13 Å². The van der Waals surface area contributed by atoms with Crippen molar-refractivity contribution in [2.45, 2.75) is 6.92 Å². The highest BCUT2D eigenvalue weighted by Gasteiger charge is 2.08. The van der Waals surface area contributed by atoms with Gasteiger partial charge in [-0.2, -0.15) is 9.64 Å². The van der Waals surface area contributed by atoms with Gasteiger partial charge >= 0.3 is 0 Å². The molecule has 0 spiro atoms. The van der Waals surface area contributed by atoms with Gasteiger partial charge in [0.1, 0.15) is 11.9 Å². The van der Waals surface area contributed by atoms with E-state index in [4.69, 9.17) is 16.9 Å². The Morgan fingerprint density at radius 3 is 2.94 bits per heavy atom. The summed E-state index contributed by atoms with van der Waals surface area (Å²) in [5.74, 6) is 0.702. The molecule has 1 N–H and O–H groups in total. The van der Waals surface area contributed by atoms with E-state index < -0.39 is 0 Å². The van der Waals surface area contributed by atoms with Crippen LogP contribution in [0.25, 0.3) is 0 Å². The molecular formula is C10H7ClN4S. The number of halogens is 1. The van der Waals surface area contributed by atoms with Gasteiger partial charge in [0.15, 0.2) is 0 Å². The maximum Gasteiger partial charge on any atom is 0.207 e. The van der Waals surface area contributed by atoms with Gasteiger partial charge < -0.3 is 5.32 Å². The third-order valence-electron chi connectivity index (χ3n) is 1.89. The highest BCUT2D eigenvalue weighted by molar-refractivity contribution is 7.09. The summed E-state index contributed by atoms with van der Waals surface area (Å²) in [6, 6.07) is 7.29. The predicted octanol–water partition coefficient (Wildman–Crippen LogP) is 3.12. The second kappa shape index (κ2) is 4.47. The topological polar surface area (TPSA) is 61.6 Å². The van der Waals surface area contributed by atoms with E-state index in [1.807, 2.05) is 6.92 Å². The SMILES string of the molecule is Cc1nsc(Nc2cccc(Cl)c2C#N)n1. The monoisotopic (exact) mass is 250 g/mol. The van der Waals surface area contributed by atoms with E-state index in [1.54, 1.807) is 18.2 Å². The van der Waals surface area contributed by atoms with Gasteiger partial charge in [-0.3, -0.25) is 0 Å². The van der Waals surface area contributed by atoms with E-state index in [0.717, 1.165) is 0 Å². The van der Waals surface area contributed by atoms with Crippen LogP contribution in [0.3, 0.4) is 0 Å². The van der Waals surface area contributed by atoms with Crippen LogP contribution in [0.2, 0.25) is 5.02 Å². The lowest BCUT2D eigenvalue weighted by Gasteiger charge is -2.04. The first-order valence-electron chi connectivity index (χ1n) is 4.46. The van der Waals surface area contributed by atoms with Crippen molar-refractivity contribution in [2.75, 3.05) is 5.32 Å². The lowest BCUT2D eigenvalue weighted by atomic mass is 10.2. The minimum atomic E-state index is 0.414. The Morgan fingerprint density at radius 2 is 2.31 bits per heavy atom. The van der Waals surface area contributed by atoms with Crippen LogP contribution in [0.15, 0.2) is 18.2 Å². The molecule has 0 aliphatic carbocycles. The fourth-order valence-electron chi connectivity index (χ4n) is 1.20. The molecule has 2 aromatic rings. The lowest BCUT2D eigenvalue weighted by Crippen LogP contribution is -1.93. The first-order valence-corrected chi connectivity index (χ1v) is 5.62. The maximum absolute atomic E-state index is 8.98. The lowest BCUT2D eigenvalue weighted by molar-refractivity contribution is 1.17. The standard InChI is InChI=1S/C10H7ClN4S/c1-6-13-10(16-15-6)14-9-4-2-3-8(11)7(9)5-12/h2-4H,1H3,(H,13,14,15). The van der Waals surface area contributed by atoms with Gasteiger partial charge in [-0.1, -0.05) is 17.7 Å². The number of anilines is 2. The largest absolute Gasteiger partial charge is 0.329 e. The number of rotatable bonds is 2. The summed E-state index contributed by atoms with van der Waals surface area (Å²) >= 11 is 7.15. The van der Waals surface area contributed by atoms with Crippen molar-refractivity contribution in [1.29, 1.82) is 5.26 Å². The summed E-state index contributed by atoms with van der Waals surface area (Å²) in [5.41, 5.74) is 1.06. The molecule has 0 atom stereocenters. The molecule has 2 rings (SSSR count). The summed E-state index contributed by atoms with van der Waals surface area (Å²) in [4.78, 5) is 4.15. The highest BCUT2D eigenvalue weighted by atomic mass is 35.5. The molecule has 0 amide bonds. The molecule has 16 heavy (non-hydrogen) atoms. The van der Waals surface area contributed by atoms with Gasteiger partial charge in [0, 0.05) is 11.5 Å². The molecule has 6 heteroatoms. The van der Waals surface area contributed by atoms with E-state index >= 15 is 0 Å². The first-order chi connectivity index (χ1) is 7.70. The van der Waals surface area contributed by atoms with E-state index in [-0.39, 0.29) is 0 Å². The predicted molar refractivity (Wildman–Crippen MR) is 64.1 cm³/mol. The van der Waals surface area contributed by atoms with Crippen LogP contribution < -0.4 is 5.32 Å².